The number of carbonyl (C=O) groups excluding carboxylic acids is 1. The molecule has 9 heteroatoms. The molecule has 148 valence electrons. The lowest BCUT2D eigenvalue weighted by atomic mass is 9.85. The van der Waals surface area contributed by atoms with Gasteiger partial charge in [-0.3, -0.25) is 19.4 Å². The molecule has 1 aliphatic heterocycles. The third-order valence-electron chi connectivity index (χ3n) is 5.42. The second-order valence-electron chi connectivity index (χ2n) is 7.57. The second kappa shape index (κ2) is 8.58. The predicted molar refractivity (Wildman–Crippen MR) is 89.1 cm³/mol. The van der Waals surface area contributed by atoms with E-state index in [1.807, 2.05) is 4.90 Å². The van der Waals surface area contributed by atoms with Gasteiger partial charge < -0.3 is 15.2 Å². The maximum Gasteiger partial charge on any atom is 0.317 e. The monoisotopic (exact) mass is 375 g/mol. The number of halogens is 2. The third-order valence-corrected chi connectivity index (χ3v) is 5.42. The number of carbonyl (C=O) groups is 2. The topological polar surface area (TPSA) is 82.1 Å². The summed E-state index contributed by atoms with van der Waals surface area (Å²) in [6.07, 6.45) is 1.24. The van der Waals surface area contributed by atoms with Gasteiger partial charge in [-0.15, -0.1) is 0 Å². The minimum Gasteiger partial charge on any atom is -0.480 e. The maximum atomic E-state index is 12.7. The van der Waals surface area contributed by atoms with Gasteiger partial charge >= 0.3 is 5.97 Å². The Morgan fingerprint density at radius 2 is 2.04 bits per heavy atom. The van der Waals surface area contributed by atoms with Crippen molar-refractivity contribution < 1.29 is 28.2 Å². The number of ether oxygens (including phenoxy) is 1. The lowest BCUT2D eigenvalue weighted by molar-refractivity contribution is -0.141. The molecule has 0 aromatic rings. The Morgan fingerprint density at radius 1 is 1.31 bits per heavy atom. The molecule has 1 heterocycles. The van der Waals surface area contributed by atoms with Crippen LogP contribution in [0.1, 0.15) is 25.7 Å². The van der Waals surface area contributed by atoms with Crippen molar-refractivity contribution in [1.29, 1.82) is 0 Å². The molecule has 0 radical (unpaired) electrons. The molecule has 0 spiro atoms. The zero-order valence-electron chi connectivity index (χ0n) is 14.8. The van der Waals surface area contributed by atoms with Crippen LogP contribution < -0.4 is 5.32 Å². The quantitative estimate of drug-likeness (QED) is 0.607. The maximum absolute atomic E-state index is 12.7. The van der Waals surface area contributed by atoms with E-state index in [2.05, 4.69) is 5.32 Å². The van der Waals surface area contributed by atoms with E-state index in [0.717, 1.165) is 19.4 Å². The van der Waals surface area contributed by atoms with Gasteiger partial charge in [0.1, 0.15) is 6.04 Å². The Hall–Kier alpha value is -1.32. The normalized spacial score (nSPS) is 29.6. The number of nitrogens with zero attached hydrogens (tertiary/aromatic N) is 2. The summed E-state index contributed by atoms with van der Waals surface area (Å²) in [4.78, 5) is 27.0. The van der Waals surface area contributed by atoms with E-state index in [4.69, 9.17) is 9.84 Å². The van der Waals surface area contributed by atoms with Crippen molar-refractivity contribution in [2.75, 3.05) is 39.4 Å². The summed E-state index contributed by atoms with van der Waals surface area (Å²) in [5.41, 5.74) is 0. The SMILES string of the molecule is O=C(O)CN(CC1CC1)C1CC(NC(=O)C2COCCN2CC(F)F)C1. The van der Waals surface area contributed by atoms with Crippen LogP contribution in [-0.2, 0) is 14.3 Å². The van der Waals surface area contributed by atoms with Crippen molar-refractivity contribution >= 4 is 11.9 Å². The molecular formula is C17H27F2N3O4. The first-order chi connectivity index (χ1) is 12.4. The molecular weight excluding hydrogens is 348 g/mol. The Kier molecular flexibility index (Phi) is 6.42. The summed E-state index contributed by atoms with van der Waals surface area (Å²) >= 11 is 0. The smallest absolute Gasteiger partial charge is 0.317 e. The van der Waals surface area contributed by atoms with Gasteiger partial charge in [0.25, 0.3) is 6.43 Å². The van der Waals surface area contributed by atoms with Gasteiger partial charge in [0.15, 0.2) is 0 Å². The van der Waals surface area contributed by atoms with E-state index in [1.165, 1.54) is 4.90 Å². The number of carboxylic acid groups (broad SMARTS) is 1. The lowest BCUT2D eigenvalue weighted by Gasteiger charge is -2.44. The van der Waals surface area contributed by atoms with Crippen LogP contribution in [0.25, 0.3) is 0 Å². The van der Waals surface area contributed by atoms with Crippen molar-refractivity contribution in [3.63, 3.8) is 0 Å². The number of hydrogen-bond donors (Lipinski definition) is 2. The number of alkyl halides is 2. The Labute approximate surface area is 151 Å². The largest absolute Gasteiger partial charge is 0.480 e. The van der Waals surface area contributed by atoms with Crippen molar-refractivity contribution in [1.82, 2.24) is 15.1 Å². The van der Waals surface area contributed by atoms with Gasteiger partial charge in [-0.1, -0.05) is 0 Å². The van der Waals surface area contributed by atoms with Crippen LogP contribution in [0.4, 0.5) is 8.78 Å². The molecule has 1 atom stereocenters. The van der Waals surface area contributed by atoms with Gasteiger partial charge in [0, 0.05) is 25.2 Å². The molecule has 0 aromatic heterocycles. The zero-order valence-corrected chi connectivity index (χ0v) is 14.8. The van der Waals surface area contributed by atoms with Crippen molar-refractivity contribution in [2.24, 2.45) is 5.92 Å². The van der Waals surface area contributed by atoms with Crippen molar-refractivity contribution in [3.05, 3.63) is 0 Å². The number of hydrogen-bond acceptors (Lipinski definition) is 5. The Morgan fingerprint density at radius 3 is 2.65 bits per heavy atom. The third kappa shape index (κ3) is 5.34. The van der Waals surface area contributed by atoms with Crippen LogP contribution in [0.15, 0.2) is 0 Å². The molecule has 2 saturated carbocycles. The van der Waals surface area contributed by atoms with Crippen LogP contribution in [0.5, 0.6) is 0 Å². The van der Waals surface area contributed by atoms with E-state index in [-0.39, 0.29) is 31.1 Å². The van der Waals surface area contributed by atoms with E-state index in [9.17, 15) is 18.4 Å². The highest BCUT2D eigenvalue weighted by molar-refractivity contribution is 5.82. The molecule has 3 fully saturated rings. The molecule has 1 unspecified atom stereocenters. The van der Waals surface area contributed by atoms with Gasteiger partial charge in [-0.05, 0) is 31.6 Å². The first-order valence-electron chi connectivity index (χ1n) is 9.28. The Balaban J connectivity index is 1.46. The Bertz CT molecular complexity index is 512. The summed E-state index contributed by atoms with van der Waals surface area (Å²) in [7, 11) is 0. The van der Waals surface area contributed by atoms with Gasteiger partial charge in [0.2, 0.25) is 5.91 Å². The van der Waals surface area contributed by atoms with Crippen LogP contribution in [0, 0.1) is 5.92 Å². The van der Waals surface area contributed by atoms with E-state index < -0.39 is 25.0 Å². The number of nitrogens with one attached hydrogen (secondary N) is 1. The van der Waals surface area contributed by atoms with Gasteiger partial charge in [-0.2, -0.15) is 0 Å². The van der Waals surface area contributed by atoms with Crippen LogP contribution in [0.2, 0.25) is 0 Å². The molecule has 3 rings (SSSR count). The number of rotatable bonds is 9. The zero-order chi connectivity index (χ0) is 18.7. The highest BCUT2D eigenvalue weighted by Crippen LogP contribution is 2.33. The van der Waals surface area contributed by atoms with Gasteiger partial charge in [-0.25, -0.2) is 8.78 Å². The lowest BCUT2D eigenvalue weighted by Crippen LogP contribution is -2.60. The molecule has 2 aliphatic carbocycles. The summed E-state index contributed by atoms with van der Waals surface area (Å²) in [5.74, 6) is -0.508. The minimum atomic E-state index is -2.48. The van der Waals surface area contributed by atoms with E-state index in [0.29, 0.717) is 31.9 Å². The van der Waals surface area contributed by atoms with Crippen molar-refractivity contribution in [2.45, 2.75) is 50.2 Å². The fourth-order valence-corrected chi connectivity index (χ4v) is 3.73. The van der Waals surface area contributed by atoms with E-state index >= 15 is 0 Å². The van der Waals surface area contributed by atoms with Crippen LogP contribution in [0.3, 0.4) is 0 Å². The summed E-state index contributed by atoms with van der Waals surface area (Å²) in [6, 6.07) is -0.548. The molecule has 0 aromatic carbocycles. The average molecular weight is 375 g/mol. The van der Waals surface area contributed by atoms with Gasteiger partial charge in [0.05, 0.1) is 26.3 Å². The average Bonchev–Trinajstić information content (AvgIpc) is 3.33. The van der Waals surface area contributed by atoms with E-state index in [1.54, 1.807) is 0 Å². The number of aliphatic carboxylic acids is 1. The van der Waals surface area contributed by atoms with Crippen LogP contribution in [-0.4, -0.2) is 90.7 Å². The highest BCUT2D eigenvalue weighted by atomic mass is 19.3. The number of amides is 1. The standard InChI is InChI=1S/C17H27F2N3O4/c18-15(19)8-21-3-4-26-10-14(21)17(25)20-12-5-13(6-12)22(9-16(23)24)7-11-1-2-11/h11-15H,1-10H2,(H,20,25)(H,23,24). The summed E-state index contributed by atoms with van der Waals surface area (Å²) in [6.45, 7) is 1.21. The fraction of sp³-hybridized carbons (Fsp3) is 0.882. The molecule has 1 saturated heterocycles. The minimum absolute atomic E-state index is 0.0282. The first-order valence-corrected chi connectivity index (χ1v) is 9.28. The first kappa shape index (κ1) is 19.4. The number of carboxylic acids is 1. The fourth-order valence-electron chi connectivity index (χ4n) is 3.73. The summed E-state index contributed by atoms with van der Waals surface area (Å²) < 4.78 is 30.6. The van der Waals surface area contributed by atoms with Crippen LogP contribution >= 0.6 is 0 Å². The molecule has 2 N–H and O–H groups in total. The molecule has 26 heavy (non-hydrogen) atoms. The molecule has 3 aliphatic rings. The number of morpholine rings is 1. The molecule has 1 amide bonds. The molecule has 7 nitrogen and oxygen atoms in total. The highest BCUT2D eigenvalue weighted by Gasteiger charge is 2.39. The molecule has 0 bridgehead atoms. The summed E-state index contributed by atoms with van der Waals surface area (Å²) in [5, 5.41) is 12.0. The second-order valence-corrected chi connectivity index (χ2v) is 7.57. The predicted octanol–water partition coefficient (Wildman–Crippen LogP) is 0.396. The van der Waals surface area contributed by atoms with Crippen molar-refractivity contribution in [3.8, 4) is 0 Å².